The van der Waals surface area contributed by atoms with E-state index in [0.29, 0.717) is 6.54 Å². The molecule has 1 saturated heterocycles. The van der Waals surface area contributed by atoms with Gasteiger partial charge >= 0.3 is 0 Å². The molecule has 5 heteroatoms. The van der Waals surface area contributed by atoms with Crippen molar-refractivity contribution in [3.63, 3.8) is 0 Å². The maximum atomic E-state index is 8.60. The van der Waals surface area contributed by atoms with Gasteiger partial charge in [0, 0.05) is 19.6 Å². The first-order valence-corrected chi connectivity index (χ1v) is 3.43. The van der Waals surface area contributed by atoms with Crippen LogP contribution in [0.1, 0.15) is 0 Å². The topological polar surface area (TPSA) is 73.5 Å². The summed E-state index contributed by atoms with van der Waals surface area (Å²) in [4.78, 5) is 2.04. The van der Waals surface area contributed by atoms with Crippen LogP contribution in [0.2, 0.25) is 0 Å². The van der Waals surface area contributed by atoms with Gasteiger partial charge in [-0.3, -0.25) is 16.1 Å². The predicted molar refractivity (Wildman–Crippen MR) is 37.8 cm³/mol. The van der Waals surface area contributed by atoms with Gasteiger partial charge in [0.2, 0.25) is 0 Å². The van der Waals surface area contributed by atoms with Crippen molar-refractivity contribution in [3.05, 3.63) is 0 Å². The fourth-order valence-corrected chi connectivity index (χ4v) is 1.14. The Morgan fingerprint density at radius 2 is 2.60 bits per heavy atom. The Labute approximate surface area is 60.2 Å². The molecule has 0 spiro atoms. The molecule has 1 fully saturated rings. The lowest BCUT2D eigenvalue weighted by molar-refractivity contribution is 0.159. The summed E-state index contributed by atoms with van der Waals surface area (Å²) in [5.74, 6) is 5.22. The van der Waals surface area contributed by atoms with Crippen molar-refractivity contribution >= 4 is 0 Å². The third-order valence-corrected chi connectivity index (χ3v) is 1.65. The van der Waals surface area contributed by atoms with Crippen molar-refractivity contribution in [1.29, 1.82) is 0 Å². The van der Waals surface area contributed by atoms with E-state index in [4.69, 9.17) is 10.9 Å². The van der Waals surface area contributed by atoms with Crippen LogP contribution in [0.25, 0.3) is 0 Å². The second-order valence-electron chi connectivity index (χ2n) is 2.28. The maximum absolute atomic E-state index is 8.60. The number of nitrogens with zero attached hydrogens (tertiary/aromatic N) is 1. The minimum Gasteiger partial charge on any atom is -0.395 e. The molecular formula is C5H14N4O. The number of aliphatic hydroxyl groups excluding tert-OH is 1. The normalized spacial score (nSPS) is 27.6. The van der Waals surface area contributed by atoms with E-state index in [1.54, 1.807) is 0 Å². The lowest BCUT2D eigenvalue weighted by atomic mass is 10.5. The Morgan fingerprint density at radius 3 is 3.20 bits per heavy atom. The highest BCUT2D eigenvalue weighted by Gasteiger charge is 2.20. The van der Waals surface area contributed by atoms with Crippen LogP contribution >= 0.6 is 0 Å². The summed E-state index contributed by atoms with van der Waals surface area (Å²) in [7, 11) is 0. The molecule has 1 atom stereocenters. The van der Waals surface area contributed by atoms with Crippen LogP contribution in [0.4, 0.5) is 0 Å². The van der Waals surface area contributed by atoms with Gasteiger partial charge in [0.1, 0.15) is 6.29 Å². The molecule has 1 rings (SSSR count). The fourth-order valence-electron chi connectivity index (χ4n) is 1.14. The summed E-state index contributed by atoms with van der Waals surface area (Å²) in [6, 6.07) is 0. The second kappa shape index (κ2) is 3.85. The van der Waals surface area contributed by atoms with Crippen LogP contribution in [-0.4, -0.2) is 42.5 Å². The van der Waals surface area contributed by atoms with Crippen molar-refractivity contribution < 1.29 is 5.11 Å². The van der Waals surface area contributed by atoms with Crippen LogP contribution < -0.4 is 16.6 Å². The average molecular weight is 146 g/mol. The Balaban J connectivity index is 2.27. The number of hydrazine groups is 1. The van der Waals surface area contributed by atoms with E-state index in [1.807, 2.05) is 4.90 Å². The number of hydrogen-bond acceptors (Lipinski definition) is 5. The van der Waals surface area contributed by atoms with Gasteiger partial charge in [-0.15, -0.1) is 0 Å². The van der Waals surface area contributed by atoms with Crippen molar-refractivity contribution in [3.8, 4) is 0 Å². The zero-order valence-electron chi connectivity index (χ0n) is 5.88. The second-order valence-corrected chi connectivity index (χ2v) is 2.28. The minimum absolute atomic E-state index is 0.0344. The number of hydrogen-bond donors (Lipinski definition) is 4. The van der Waals surface area contributed by atoms with E-state index < -0.39 is 0 Å². The van der Waals surface area contributed by atoms with Gasteiger partial charge in [-0.2, -0.15) is 0 Å². The summed E-state index contributed by atoms with van der Waals surface area (Å²) in [5, 5.41) is 11.7. The molecule has 0 aromatic carbocycles. The van der Waals surface area contributed by atoms with E-state index in [0.717, 1.165) is 13.1 Å². The molecule has 0 amide bonds. The SMILES string of the molecule is NNC1NCCN1CCO. The molecule has 0 bridgehead atoms. The molecule has 0 saturated carbocycles. The van der Waals surface area contributed by atoms with Crippen LogP contribution in [0.3, 0.4) is 0 Å². The van der Waals surface area contributed by atoms with Gasteiger partial charge in [0.15, 0.2) is 0 Å². The molecule has 0 radical (unpaired) electrons. The molecule has 60 valence electrons. The summed E-state index contributed by atoms with van der Waals surface area (Å²) in [5.41, 5.74) is 2.60. The summed E-state index contributed by atoms with van der Waals surface area (Å²) in [6.45, 7) is 2.71. The van der Waals surface area contributed by atoms with E-state index >= 15 is 0 Å². The lowest BCUT2D eigenvalue weighted by Crippen LogP contribution is -2.51. The van der Waals surface area contributed by atoms with Crippen molar-refractivity contribution in [2.75, 3.05) is 26.2 Å². The highest BCUT2D eigenvalue weighted by molar-refractivity contribution is 4.73. The predicted octanol–water partition coefficient (Wildman–Crippen LogP) is -2.37. The molecule has 0 aromatic rings. The highest BCUT2D eigenvalue weighted by atomic mass is 16.3. The first kappa shape index (κ1) is 7.90. The third-order valence-electron chi connectivity index (χ3n) is 1.65. The Hall–Kier alpha value is -0.200. The van der Waals surface area contributed by atoms with Crippen LogP contribution in [0.5, 0.6) is 0 Å². The van der Waals surface area contributed by atoms with Crippen LogP contribution in [0, 0.1) is 0 Å². The van der Waals surface area contributed by atoms with E-state index in [9.17, 15) is 0 Å². The number of β-amino-alcohol motifs (C(OH)–C–C–N with tert-alkyl or cyclic N) is 1. The van der Waals surface area contributed by atoms with Crippen molar-refractivity contribution in [1.82, 2.24) is 15.6 Å². The van der Waals surface area contributed by atoms with Gasteiger partial charge in [0.05, 0.1) is 6.61 Å². The largest absolute Gasteiger partial charge is 0.395 e. The standard InChI is InChI=1S/C5H14N4O/c6-8-5-7-1-2-9(5)3-4-10/h5,7-8,10H,1-4,6H2. The van der Waals surface area contributed by atoms with E-state index in [2.05, 4.69) is 10.7 Å². The third kappa shape index (κ3) is 1.65. The fraction of sp³-hybridized carbons (Fsp3) is 1.00. The van der Waals surface area contributed by atoms with Crippen LogP contribution in [-0.2, 0) is 0 Å². The Kier molecular flexibility index (Phi) is 3.04. The van der Waals surface area contributed by atoms with E-state index in [-0.39, 0.29) is 12.9 Å². The van der Waals surface area contributed by atoms with Gasteiger partial charge in [-0.05, 0) is 0 Å². The zero-order valence-corrected chi connectivity index (χ0v) is 5.88. The average Bonchev–Trinajstić information content (AvgIpc) is 2.36. The molecule has 1 aliphatic heterocycles. The number of nitrogens with two attached hydrogens (primary N) is 1. The molecule has 1 unspecified atom stereocenters. The van der Waals surface area contributed by atoms with Crippen molar-refractivity contribution in [2.45, 2.75) is 6.29 Å². The molecule has 10 heavy (non-hydrogen) atoms. The lowest BCUT2D eigenvalue weighted by Gasteiger charge is -2.21. The molecule has 0 aromatic heterocycles. The first-order valence-electron chi connectivity index (χ1n) is 3.43. The summed E-state index contributed by atoms with van der Waals surface area (Å²) in [6.07, 6.45) is 0.0344. The smallest absolute Gasteiger partial charge is 0.127 e. The van der Waals surface area contributed by atoms with Gasteiger partial charge in [0.25, 0.3) is 0 Å². The number of nitrogens with one attached hydrogen (secondary N) is 2. The molecule has 5 nitrogen and oxygen atoms in total. The maximum Gasteiger partial charge on any atom is 0.127 e. The molecule has 0 aliphatic carbocycles. The molecular weight excluding hydrogens is 132 g/mol. The summed E-state index contributed by atoms with van der Waals surface area (Å²) >= 11 is 0. The molecule has 1 aliphatic rings. The Bertz CT molecular complexity index is 99.6. The quantitative estimate of drug-likeness (QED) is 0.264. The van der Waals surface area contributed by atoms with Gasteiger partial charge < -0.3 is 5.11 Å². The Morgan fingerprint density at radius 1 is 1.80 bits per heavy atom. The number of rotatable bonds is 3. The van der Waals surface area contributed by atoms with Crippen LogP contribution in [0.15, 0.2) is 0 Å². The molecule has 1 heterocycles. The minimum atomic E-state index is 0.0344. The van der Waals surface area contributed by atoms with Crippen molar-refractivity contribution in [2.24, 2.45) is 5.84 Å². The highest BCUT2D eigenvalue weighted by Crippen LogP contribution is 1.96. The monoisotopic (exact) mass is 146 g/mol. The van der Waals surface area contributed by atoms with Gasteiger partial charge in [-0.1, -0.05) is 0 Å². The summed E-state index contributed by atoms with van der Waals surface area (Å²) < 4.78 is 0. The first-order chi connectivity index (χ1) is 4.88. The zero-order chi connectivity index (χ0) is 7.40. The molecule has 5 N–H and O–H groups in total. The van der Waals surface area contributed by atoms with E-state index in [1.165, 1.54) is 0 Å². The van der Waals surface area contributed by atoms with Gasteiger partial charge in [-0.25, -0.2) is 5.43 Å². The number of aliphatic hydroxyl groups is 1.